The minimum absolute atomic E-state index is 0.0146. The second-order valence-electron chi connectivity index (χ2n) is 8.08. The Morgan fingerprint density at radius 3 is 2.90 bits per heavy atom. The van der Waals surface area contributed by atoms with Gasteiger partial charge in [-0.05, 0) is 48.9 Å². The summed E-state index contributed by atoms with van der Waals surface area (Å²) in [6, 6.07) is 5.95. The summed E-state index contributed by atoms with van der Waals surface area (Å²) >= 11 is 1.32. The number of benzene rings is 1. The van der Waals surface area contributed by atoms with E-state index in [4.69, 9.17) is 19.3 Å². The number of carboxylic acids is 1. The standard InChI is InChI=1S/C22H27NO6S/c1-12-7-14(4-3-13(12)9-27-2)28-10-16-15-5-6-19(29-20(15)8-18(16)24)21-23-17(11-30-21)22(25)26/h3-4,7,11,15-16,18-20,24H,5-6,8-10H2,1-2H3,(H,25,26)/t15-,16-,18-,19-,20+/m1/s1. The average molecular weight is 434 g/mol. The molecule has 7 nitrogen and oxygen atoms in total. The van der Waals surface area contributed by atoms with Crippen LogP contribution in [-0.4, -0.2) is 47.1 Å². The fraction of sp³-hybridized carbons (Fsp3) is 0.545. The number of aliphatic hydroxyl groups excluding tert-OH is 1. The van der Waals surface area contributed by atoms with Crippen molar-refractivity contribution in [1.82, 2.24) is 4.98 Å². The molecule has 2 heterocycles. The molecule has 0 radical (unpaired) electrons. The van der Waals surface area contributed by atoms with Crippen molar-refractivity contribution in [3.63, 3.8) is 0 Å². The van der Waals surface area contributed by atoms with Gasteiger partial charge in [0.05, 0.1) is 25.4 Å². The highest BCUT2D eigenvalue weighted by atomic mass is 32.1. The second kappa shape index (κ2) is 9.01. The lowest BCUT2D eigenvalue weighted by Gasteiger charge is -2.33. The van der Waals surface area contributed by atoms with Crippen LogP contribution in [0.2, 0.25) is 0 Å². The first-order chi connectivity index (χ1) is 14.5. The minimum atomic E-state index is -1.02. The molecule has 1 aliphatic heterocycles. The summed E-state index contributed by atoms with van der Waals surface area (Å²) in [5.74, 6) is 0.0107. The predicted octanol–water partition coefficient (Wildman–Crippen LogP) is 3.59. The van der Waals surface area contributed by atoms with Gasteiger partial charge in [-0.15, -0.1) is 11.3 Å². The first kappa shape index (κ1) is 21.2. The zero-order chi connectivity index (χ0) is 21.3. The van der Waals surface area contributed by atoms with Crippen molar-refractivity contribution in [3.05, 3.63) is 45.4 Å². The van der Waals surface area contributed by atoms with E-state index in [1.54, 1.807) is 12.5 Å². The van der Waals surface area contributed by atoms with Crippen LogP contribution in [0.4, 0.5) is 0 Å². The summed E-state index contributed by atoms with van der Waals surface area (Å²) in [7, 11) is 1.68. The molecule has 162 valence electrons. The Hall–Kier alpha value is -2.00. The van der Waals surface area contributed by atoms with Crippen molar-refractivity contribution in [2.45, 2.75) is 51.1 Å². The summed E-state index contributed by atoms with van der Waals surface area (Å²) in [5, 5.41) is 22.0. The molecule has 1 aliphatic carbocycles. The third kappa shape index (κ3) is 4.37. The van der Waals surface area contributed by atoms with Crippen LogP contribution in [0.15, 0.2) is 23.6 Å². The minimum Gasteiger partial charge on any atom is -0.493 e. The normalized spacial score (nSPS) is 28.3. The first-order valence-electron chi connectivity index (χ1n) is 10.2. The molecule has 0 amide bonds. The number of hydrogen-bond donors (Lipinski definition) is 2. The van der Waals surface area contributed by atoms with E-state index in [1.165, 1.54) is 11.3 Å². The lowest BCUT2D eigenvalue weighted by Crippen LogP contribution is -2.33. The molecule has 4 rings (SSSR count). The number of fused-ring (bicyclic) bond motifs is 1. The van der Waals surface area contributed by atoms with E-state index >= 15 is 0 Å². The molecule has 30 heavy (non-hydrogen) atoms. The fourth-order valence-corrected chi connectivity index (χ4v) is 5.41. The van der Waals surface area contributed by atoms with E-state index in [-0.39, 0.29) is 29.7 Å². The Morgan fingerprint density at radius 1 is 1.37 bits per heavy atom. The molecule has 2 aromatic rings. The third-order valence-corrected chi connectivity index (χ3v) is 7.11. The lowest BCUT2D eigenvalue weighted by atomic mass is 9.87. The van der Waals surface area contributed by atoms with E-state index in [9.17, 15) is 9.90 Å². The molecule has 8 heteroatoms. The molecule has 1 aromatic heterocycles. The Kier molecular flexibility index (Phi) is 6.38. The van der Waals surface area contributed by atoms with Gasteiger partial charge in [0.1, 0.15) is 16.9 Å². The van der Waals surface area contributed by atoms with E-state index < -0.39 is 12.1 Å². The smallest absolute Gasteiger partial charge is 0.355 e. The van der Waals surface area contributed by atoms with Crippen molar-refractivity contribution in [3.8, 4) is 5.75 Å². The number of thiazole rings is 1. The molecular formula is C22H27NO6S. The molecule has 5 atom stereocenters. The van der Waals surface area contributed by atoms with Gasteiger partial charge in [-0.3, -0.25) is 0 Å². The van der Waals surface area contributed by atoms with E-state index in [1.807, 2.05) is 25.1 Å². The number of aromatic nitrogens is 1. The zero-order valence-corrected chi connectivity index (χ0v) is 17.9. The molecule has 1 saturated carbocycles. The number of hydrogen-bond acceptors (Lipinski definition) is 7. The summed E-state index contributed by atoms with van der Waals surface area (Å²) in [6.45, 7) is 3.05. The zero-order valence-electron chi connectivity index (χ0n) is 17.1. The number of rotatable bonds is 7. The highest BCUT2D eigenvalue weighted by Crippen LogP contribution is 2.46. The lowest BCUT2D eigenvalue weighted by molar-refractivity contribution is -0.0811. The second-order valence-corrected chi connectivity index (χ2v) is 8.97. The van der Waals surface area contributed by atoms with Crippen LogP contribution < -0.4 is 4.74 Å². The van der Waals surface area contributed by atoms with Gasteiger partial charge in [-0.2, -0.15) is 0 Å². The average Bonchev–Trinajstić information content (AvgIpc) is 3.32. The molecule has 0 spiro atoms. The summed E-state index contributed by atoms with van der Waals surface area (Å²) in [5.41, 5.74) is 2.31. The molecular weight excluding hydrogens is 406 g/mol. The Morgan fingerprint density at radius 2 is 2.20 bits per heavy atom. The maximum absolute atomic E-state index is 11.1. The number of aromatic carboxylic acids is 1. The van der Waals surface area contributed by atoms with Crippen molar-refractivity contribution in [1.29, 1.82) is 0 Å². The van der Waals surface area contributed by atoms with Gasteiger partial charge in [0.15, 0.2) is 5.69 Å². The number of carbonyl (C=O) groups is 1. The van der Waals surface area contributed by atoms with Crippen LogP contribution in [0.1, 0.15) is 52.0 Å². The highest BCUT2D eigenvalue weighted by molar-refractivity contribution is 7.09. The molecule has 2 fully saturated rings. The van der Waals surface area contributed by atoms with Crippen LogP contribution in [-0.2, 0) is 16.1 Å². The van der Waals surface area contributed by atoms with Gasteiger partial charge in [-0.25, -0.2) is 9.78 Å². The van der Waals surface area contributed by atoms with Crippen molar-refractivity contribution in [2.24, 2.45) is 11.8 Å². The predicted molar refractivity (Wildman–Crippen MR) is 111 cm³/mol. The number of nitrogens with zero attached hydrogens (tertiary/aromatic N) is 1. The van der Waals surface area contributed by atoms with Crippen LogP contribution in [0.25, 0.3) is 0 Å². The topological polar surface area (TPSA) is 98.1 Å². The highest BCUT2D eigenvalue weighted by Gasteiger charge is 2.47. The number of carboxylic acid groups (broad SMARTS) is 1. The number of ether oxygens (including phenoxy) is 3. The number of methoxy groups -OCH3 is 1. The monoisotopic (exact) mass is 433 g/mol. The van der Waals surface area contributed by atoms with Crippen LogP contribution >= 0.6 is 11.3 Å². The molecule has 0 bridgehead atoms. The summed E-state index contributed by atoms with van der Waals surface area (Å²) in [6.07, 6.45) is 1.50. The van der Waals surface area contributed by atoms with Crippen molar-refractivity contribution >= 4 is 17.3 Å². The van der Waals surface area contributed by atoms with Crippen molar-refractivity contribution < 1.29 is 29.2 Å². The van der Waals surface area contributed by atoms with Gasteiger partial charge in [-0.1, -0.05) is 6.07 Å². The SMILES string of the molecule is COCc1ccc(OC[C@@H]2[C@H]3CC[C@H](c4nc(C(=O)O)cs4)O[C@H]3C[C@H]2O)cc1C. The number of aryl methyl sites for hydroxylation is 1. The quantitative estimate of drug-likeness (QED) is 0.688. The molecule has 1 saturated heterocycles. The van der Waals surface area contributed by atoms with E-state index in [0.29, 0.717) is 24.6 Å². The Bertz CT molecular complexity index is 900. The van der Waals surface area contributed by atoms with Crippen molar-refractivity contribution in [2.75, 3.05) is 13.7 Å². The maximum atomic E-state index is 11.1. The molecule has 2 N–H and O–H groups in total. The van der Waals surface area contributed by atoms with E-state index in [2.05, 4.69) is 4.98 Å². The van der Waals surface area contributed by atoms with Crippen LogP contribution in [0, 0.1) is 18.8 Å². The molecule has 1 aromatic carbocycles. The molecule has 0 unspecified atom stereocenters. The Labute approximate surface area is 179 Å². The van der Waals surface area contributed by atoms with Gasteiger partial charge >= 0.3 is 5.97 Å². The maximum Gasteiger partial charge on any atom is 0.355 e. The van der Waals surface area contributed by atoms with Gasteiger partial charge in [0.2, 0.25) is 0 Å². The molecule has 2 aliphatic rings. The third-order valence-electron chi connectivity index (χ3n) is 6.17. The fourth-order valence-electron chi connectivity index (χ4n) is 4.55. The van der Waals surface area contributed by atoms with Gasteiger partial charge in [0, 0.05) is 24.8 Å². The van der Waals surface area contributed by atoms with Gasteiger partial charge in [0.25, 0.3) is 0 Å². The largest absolute Gasteiger partial charge is 0.493 e. The van der Waals surface area contributed by atoms with E-state index in [0.717, 1.165) is 29.7 Å². The summed E-state index contributed by atoms with van der Waals surface area (Å²) < 4.78 is 17.5. The van der Waals surface area contributed by atoms with Crippen LogP contribution in [0.3, 0.4) is 0 Å². The van der Waals surface area contributed by atoms with Crippen LogP contribution in [0.5, 0.6) is 5.75 Å². The number of aliphatic hydroxyl groups is 1. The first-order valence-corrected chi connectivity index (χ1v) is 11.1. The summed E-state index contributed by atoms with van der Waals surface area (Å²) in [4.78, 5) is 15.3. The Balaban J connectivity index is 1.36. The van der Waals surface area contributed by atoms with Gasteiger partial charge < -0.3 is 24.4 Å².